The number of allylic oxidation sites excluding steroid dienone is 1. The fraction of sp³-hybridized carbons (Fsp3) is 0.500. The molecule has 3 heterocycles. The molecule has 0 aliphatic carbocycles. The predicted molar refractivity (Wildman–Crippen MR) is 242 cm³/mol. The van der Waals surface area contributed by atoms with Gasteiger partial charge in [-0.1, -0.05) is 149 Å². The van der Waals surface area contributed by atoms with Crippen LogP contribution in [-0.4, -0.2) is 64.3 Å². The molecular weight excluding hydrogens is 781 g/mol. The lowest BCUT2D eigenvalue weighted by Crippen LogP contribution is -2.52. The zero-order valence-electron chi connectivity index (χ0n) is 37.2. The summed E-state index contributed by atoms with van der Waals surface area (Å²) in [6.07, 6.45) is 3.28. The molecule has 328 valence electrons. The van der Waals surface area contributed by atoms with Crippen molar-refractivity contribution >= 4 is 8.32 Å². The Morgan fingerprint density at radius 2 is 1.23 bits per heavy atom. The Bertz CT molecular complexity index is 1900. The summed E-state index contributed by atoms with van der Waals surface area (Å²) >= 11 is 0. The Kier molecular flexibility index (Phi) is 16.1. The molecule has 4 aromatic carbocycles. The third-order valence-electron chi connectivity index (χ3n) is 12.8. The monoisotopic (exact) mass is 848 g/mol. The zero-order chi connectivity index (χ0) is 42.7. The summed E-state index contributed by atoms with van der Waals surface area (Å²) in [6, 6.07) is 41.3. The quantitative estimate of drug-likeness (QED) is 0.0815. The second kappa shape index (κ2) is 21.6. The largest absolute Gasteiger partial charge is 0.490 e. The van der Waals surface area contributed by atoms with Gasteiger partial charge in [0.2, 0.25) is 0 Å². The van der Waals surface area contributed by atoms with E-state index in [9.17, 15) is 0 Å². The average molecular weight is 849 g/mol. The second-order valence-corrected chi connectivity index (χ2v) is 23.4. The number of fused-ring (bicyclic) bond motifs is 1. The Morgan fingerprint density at radius 1 is 0.656 bits per heavy atom. The van der Waals surface area contributed by atoms with Crippen LogP contribution in [0.1, 0.15) is 88.3 Å². The molecule has 2 fully saturated rings. The van der Waals surface area contributed by atoms with Crippen LogP contribution in [0, 0.1) is 5.92 Å². The highest BCUT2D eigenvalue weighted by atomic mass is 28.4. The van der Waals surface area contributed by atoms with Crippen LogP contribution >= 0.6 is 0 Å². The van der Waals surface area contributed by atoms with E-state index < -0.39 is 26.8 Å². The van der Waals surface area contributed by atoms with Gasteiger partial charge in [-0.25, -0.2) is 0 Å². The molecule has 2 saturated heterocycles. The Hall–Kier alpha value is -3.64. The molecule has 0 radical (unpaired) electrons. The van der Waals surface area contributed by atoms with Crippen molar-refractivity contribution in [1.29, 1.82) is 0 Å². The molecule has 7 rings (SSSR count). The van der Waals surface area contributed by atoms with Crippen LogP contribution in [0.3, 0.4) is 0 Å². The molecule has 0 bridgehead atoms. The Balaban J connectivity index is 1.20. The minimum absolute atomic E-state index is 0.0492. The van der Waals surface area contributed by atoms with E-state index in [1.54, 1.807) is 0 Å². The van der Waals surface area contributed by atoms with E-state index in [2.05, 4.69) is 120 Å². The SMILES string of the molecule is C[C@H]1C/C=C(/C[C@H]2O[C@@H](CCOCc3ccccc3)[C@H](OCc3ccccc3)C[C@@H](OCc3ccccc3)[C@@H]2O[Si](C)(C)C(C)(C)C)O[C@@H]2CO[C@@H](c3ccccc3)O[C@H]2C1. The van der Waals surface area contributed by atoms with Crippen LogP contribution in [0.4, 0.5) is 0 Å². The summed E-state index contributed by atoms with van der Waals surface area (Å²) in [6.45, 7) is 16.2. The number of rotatable bonds is 16. The van der Waals surface area contributed by atoms with E-state index in [-0.39, 0.29) is 35.6 Å². The summed E-state index contributed by atoms with van der Waals surface area (Å²) in [5, 5.41) is -0.0492. The highest BCUT2D eigenvalue weighted by Crippen LogP contribution is 2.42. The number of hydrogen-bond acceptors (Lipinski definition) is 8. The lowest BCUT2D eigenvalue weighted by atomic mass is 9.93. The van der Waals surface area contributed by atoms with Gasteiger partial charge in [-0.2, -0.15) is 0 Å². The summed E-state index contributed by atoms with van der Waals surface area (Å²) in [5.41, 5.74) is 4.39. The van der Waals surface area contributed by atoms with Crippen molar-refractivity contribution in [2.45, 2.75) is 147 Å². The van der Waals surface area contributed by atoms with Crippen molar-refractivity contribution in [3.8, 4) is 0 Å². The van der Waals surface area contributed by atoms with Crippen LogP contribution in [-0.2, 0) is 57.4 Å². The molecule has 0 amide bonds. The summed E-state index contributed by atoms with van der Waals surface area (Å²) in [4.78, 5) is 0. The van der Waals surface area contributed by atoms with Crippen molar-refractivity contribution in [3.05, 3.63) is 155 Å². The first kappa shape index (κ1) is 45.4. The van der Waals surface area contributed by atoms with Gasteiger partial charge < -0.3 is 37.6 Å². The fourth-order valence-corrected chi connectivity index (χ4v) is 9.50. The van der Waals surface area contributed by atoms with Crippen LogP contribution in [0.25, 0.3) is 0 Å². The molecule has 0 aromatic heterocycles. The Morgan fingerprint density at radius 3 is 1.84 bits per heavy atom. The molecule has 0 unspecified atom stereocenters. The van der Waals surface area contributed by atoms with Crippen molar-refractivity contribution in [3.63, 3.8) is 0 Å². The van der Waals surface area contributed by atoms with E-state index in [1.165, 1.54) is 0 Å². The third kappa shape index (κ3) is 13.0. The molecule has 0 saturated carbocycles. The van der Waals surface area contributed by atoms with Crippen LogP contribution < -0.4 is 0 Å². The molecule has 9 heteroatoms. The van der Waals surface area contributed by atoms with Gasteiger partial charge in [-0.15, -0.1) is 0 Å². The maximum Gasteiger partial charge on any atom is 0.192 e. The molecule has 9 atom stereocenters. The first-order valence-corrected chi connectivity index (χ1v) is 25.4. The molecule has 0 spiro atoms. The van der Waals surface area contributed by atoms with Gasteiger partial charge in [0, 0.05) is 25.0 Å². The smallest absolute Gasteiger partial charge is 0.192 e. The predicted octanol–water partition coefficient (Wildman–Crippen LogP) is 11.5. The van der Waals surface area contributed by atoms with Crippen molar-refractivity contribution in [1.82, 2.24) is 0 Å². The molecule has 61 heavy (non-hydrogen) atoms. The van der Waals surface area contributed by atoms with Crippen molar-refractivity contribution in [2.24, 2.45) is 5.92 Å². The maximum atomic E-state index is 7.54. The van der Waals surface area contributed by atoms with Gasteiger partial charge in [-0.05, 0) is 66.1 Å². The molecule has 3 aliphatic heterocycles. The van der Waals surface area contributed by atoms with Gasteiger partial charge in [0.1, 0.15) is 12.2 Å². The normalized spacial score (nSPS) is 28.3. The van der Waals surface area contributed by atoms with Crippen molar-refractivity contribution in [2.75, 3.05) is 13.2 Å². The fourth-order valence-electron chi connectivity index (χ4n) is 8.16. The standard InChI is InChI=1S/C52H68O8Si/c1-38-27-28-43(57-49-37-56-51(59-46(49)31-38)42-25-17-10-18-26-42)32-48-50(60-61(5,6)52(2,3)4)47(55-36-41-23-15-9-16-24-41)33-45(54-35-40-21-13-8-14-22-40)44(58-48)29-30-53-34-39-19-11-7-12-20-39/h7-26,28,38,44-51H,27,29-37H2,1-6H3/b43-28-/t38-,44-,45+,46-,47+,48+,49+,50-,51+/m0/s1. The van der Waals surface area contributed by atoms with Gasteiger partial charge in [0.05, 0.1) is 62.7 Å². The second-order valence-electron chi connectivity index (χ2n) is 18.6. The highest BCUT2D eigenvalue weighted by Gasteiger charge is 2.48. The zero-order valence-corrected chi connectivity index (χ0v) is 38.2. The lowest BCUT2D eigenvalue weighted by Gasteiger charge is -2.43. The van der Waals surface area contributed by atoms with Crippen LogP contribution in [0.5, 0.6) is 0 Å². The van der Waals surface area contributed by atoms with Gasteiger partial charge >= 0.3 is 0 Å². The van der Waals surface area contributed by atoms with E-state index in [1.807, 2.05) is 48.5 Å². The third-order valence-corrected chi connectivity index (χ3v) is 17.2. The molecule has 3 aliphatic rings. The Labute approximate surface area is 366 Å². The maximum absolute atomic E-state index is 7.54. The highest BCUT2D eigenvalue weighted by molar-refractivity contribution is 6.74. The average Bonchev–Trinajstić information content (AvgIpc) is 3.39. The summed E-state index contributed by atoms with van der Waals surface area (Å²) < 4.78 is 55.3. The van der Waals surface area contributed by atoms with E-state index >= 15 is 0 Å². The molecule has 0 N–H and O–H groups in total. The van der Waals surface area contributed by atoms with E-state index in [4.69, 9.17) is 37.6 Å². The van der Waals surface area contributed by atoms with Crippen LogP contribution in [0.15, 0.2) is 133 Å². The molecular formula is C52H68O8Si. The summed E-state index contributed by atoms with van der Waals surface area (Å²) in [5.74, 6) is 1.27. The molecule has 8 nitrogen and oxygen atoms in total. The number of hydrogen-bond donors (Lipinski definition) is 0. The van der Waals surface area contributed by atoms with E-state index in [0.717, 1.165) is 40.9 Å². The van der Waals surface area contributed by atoms with Crippen LogP contribution in [0.2, 0.25) is 18.1 Å². The van der Waals surface area contributed by atoms with E-state index in [0.29, 0.717) is 58.2 Å². The minimum atomic E-state index is -2.38. The van der Waals surface area contributed by atoms with Gasteiger partial charge in [-0.3, -0.25) is 0 Å². The first-order chi connectivity index (χ1) is 29.5. The van der Waals surface area contributed by atoms with Gasteiger partial charge in [0.25, 0.3) is 0 Å². The summed E-state index contributed by atoms with van der Waals surface area (Å²) in [7, 11) is -2.38. The van der Waals surface area contributed by atoms with Gasteiger partial charge in [0.15, 0.2) is 14.6 Å². The lowest BCUT2D eigenvalue weighted by molar-refractivity contribution is -0.264. The number of benzene rings is 4. The number of ether oxygens (including phenoxy) is 7. The topological polar surface area (TPSA) is 73.8 Å². The first-order valence-electron chi connectivity index (χ1n) is 22.4. The van der Waals surface area contributed by atoms with Crippen molar-refractivity contribution < 1.29 is 37.6 Å². The minimum Gasteiger partial charge on any atom is -0.490 e. The molecule has 4 aromatic rings.